The van der Waals surface area contributed by atoms with E-state index >= 15 is 0 Å². The van der Waals surface area contributed by atoms with E-state index in [9.17, 15) is 26.8 Å². The summed E-state index contributed by atoms with van der Waals surface area (Å²) in [5.74, 6) is -4.09. The Morgan fingerprint density at radius 3 is 1.95 bits per heavy atom. The monoisotopic (exact) mass is 335 g/mol. The zero-order valence-corrected chi connectivity index (χ0v) is 13.6. The van der Waals surface area contributed by atoms with Gasteiger partial charge in [-0.2, -0.15) is 8.78 Å². The van der Waals surface area contributed by atoms with Gasteiger partial charge in [0.1, 0.15) is 0 Å². The maximum Gasteiger partial charge on any atom is 0.437 e. The van der Waals surface area contributed by atoms with Crippen LogP contribution in [0.2, 0.25) is 0 Å². The Hall–Kier alpha value is -1.29. The van der Waals surface area contributed by atoms with Gasteiger partial charge in [0.2, 0.25) is 10.0 Å². The van der Waals surface area contributed by atoms with Crippen LogP contribution in [0.25, 0.3) is 0 Å². The Morgan fingerprint density at radius 2 is 1.62 bits per heavy atom. The minimum atomic E-state index is -4.29. The average molecular weight is 335 g/mol. The van der Waals surface area contributed by atoms with Gasteiger partial charge in [0.25, 0.3) is 0 Å². The van der Waals surface area contributed by atoms with E-state index in [1.54, 1.807) is 0 Å². The predicted molar refractivity (Wildman–Crippen MR) is 73.5 cm³/mol. The predicted octanol–water partition coefficient (Wildman–Crippen LogP) is 1.59. The van der Waals surface area contributed by atoms with Crippen molar-refractivity contribution >= 4 is 21.9 Å². The molecule has 0 spiro atoms. The Labute approximate surface area is 123 Å². The van der Waals surface area contributed by atoms with Crippen LogP contribution in [-0.4, -0.2) is 44.4 Å². The number of ether oxygens (including phenoxy) is 1. The van der Waals surface area contributed by atoms with Crippen molar-refractivity contribution in [1.82, 2.24) is 4.72 Å². The molecule has 0 saturated carbocycles. The molecule has 1 amide bonds. The van der Waals surface area contributed by atoms with Crippen molar-refractivity contribution in [2.45, 2.75) is 46.6 Å². The molecule has 0 aliphatic heterocycles. The van der Waals surface area contributed by atoms with Crippen molar-refractivity contribution in [3.05, 3.63) is 0 Å². The number of carboxylic acid groups (broad SMARTS) is 1. The number of carbonyl (C=O) groups is 2. The maximum absolute atomic E-state index is 12.5. The Kier molecular flexibility index (Phi) is 14.7. The van der Waals surface area contributed by atoms with Gasteiger partial charge >= 0.3 is 18.0 Å². The summed E-state index contributed by atoms with van der Waals surface area (Å²) in [5, 5.41) is 8.24. The number of carboxylic acids is 1. The summed E-state index contributed by atoms with van der Waals surface area (Å²) < 4.78 is 51.8. The van der Waals surface area contributed by atoms with Crippen molar-refractivity contribution in [3.8, 4) is 0 Å². The highest BCUT2D eigenvalue weighted by atomic mass is 32.2. The standard InChI is InChI=1S/C7H11F2NO6S.2C2H6/c1-16-7(8,9)6(13)10-17(14,15)4-2-3-5(11)12;2*1-2/h2-4H2,1H3,(H,10,13)(H,11,12);2*1-2H3. The number of methoxy groups -OCH3 is 1. The van der Waals surface area contributed by atoms with E-state index in [0.717, 1.165) is 4.72 Å². The number of halogens is 2. The number of hydrogen-bond donors (Lipinski definition) is 2. The van der Waals surface area contributed by atoms with Crippen LogP contribution >= 0.6 is 0 Å². The molecule has 0 aliphatic carbocycles. The Bertz CT molecular complexity index is 398. The molecule has 0 heterocycles. The first-order valence-electron chi connectivity index (χ1n) is 6.30. The van der Waals surface area contributed by atoms with Gasteiger partial charge in [0.15, 0.2) is 0 Å². The number of hydrogen-bond acceptors (Lipinski definition) is 5. The van der Waals surface area contributed by atoms with Crippen molar-refractivity contribution in [2.24, 2.45) is 0 Å². The number of carbonyl (C=O) groups excluding carboxylic acids is 1. The highest BCUT2D eigenvalue weighted by molar-refractivity contribution is 7.90. The lowest BCUT2D eigenvalue weighted by atomic mass is 10.3. The molecule has 0 aromatic heterocycles. The first kappa shape index (κ1) is 24.7. The summed E-state index contributed by atoms with van der Waals surface area (Å²) in [4.78, 5) is 20.8. The van der Waals surface area contributed by atoms with Gasteiger partial charge in [-0.15, -0.1) is 0 Å². The summed E-state index contributed by atoms with van der Waals surface area (Å²) in [6.07, 6.45) is -4.99. The van der Waals surface area contributed by atoms with E-state index in [-0.39, 0.29) is 6.42 Å². The largest absolute Gasteiger partial charge is 0.481 e. The second kappa shape index (κ2) is 12.5. The molecule has 0 unspecified atom stereocenters. The summed E-state index contributed by atoms with van der Waals surface area (Å²) >= 11 is 0. The molecule has 21 heavy (non-hydrogen) atoms. The van der Waals surface area contributed by atoms with Crippen molar-refractivity contribution in [2.75, 3.05) is 12.9 Å². The van der Waals surface area contributed by atoms with E-state index in [1.165, 1.54) is 0 Å². The first-order chi connectivity index (χ1) is 9.60. The molecule has 0 bridgehead atoms. The molecule has 0 fully saturated rings. The van der Waals surface area contributed by atoms with E-state index in [4.69, 9.17) is 5.11 Å². The molecule has 0 aliphatic rings. The van der Waals surface area contributed by atoms with Crippen LogP contribution in [0.1, 0.15) is 40.5 Å². The lowest BCUT2D eigenvalue weighted by molar-refractivity contribution is -0.217. The molecule has 10 heteroatoms. The molecule has 128 valence electrons. The van der Waals surface area contributed by atoms with Gasteiger partial charge in [-0.05, 0) is 6.42 Å². The molecule has 0 radical (unpaired) electrons. The van der Waals surface area contributed by atoms with Crippen LogP contribution in [-0.2, 0) is 24.3 Å². The normalized spacial score (nSPS) is 10.4. The van der Waals surface area contributed by atoms with Gasteiger partial charge in [0, 0.05) is 13.5 Å². The van der Waals surface area contributed by atoms with Crippen molar-refractivity contribution in [3.63, 3.8) is 0 Å². The molecular formula is C11H23F2NO6S. The highest BCUT2D eigenvalue weighted by Crippen LogP contribution is 2.14. The van der Waals surface area contributed by atoms with Gasteiger partial charge in [-0.25, -0.2) is 13.1 Å². The van der Waals surface area contributed by atoms with Crippen LogP contribution < -0.4 is 4.72 Å². The molecule has 7 nitrogen and oxygen atoms in total. The molecule has 0 rings (SSSR count). The topological polar surface area (TPSA) is 110 Å². The zero-order valence-electron chi connectivity index (χ0n) is 12.8. The lowest BCUT2D eigenvalue weighted by Crippen LogP contribution is -2.45. The number of amides is 1. The summed E-state index contributed by atoms with van der Waals surface area (Å²) in [5.41, 5.74) is 0. The first-order valence-corrected chi connectivity index (χ1v) is 7.95. The van der Waals surface area contributed by atoms with Crippen molar-refractivity contribution < 1.29 is 36.6 Å². The minimum Gasteiger partial charge on any atom is -0.481 e. The van der Waals surface area contributed by atoms with E-state index in [0.29, 0.717) is 7.11 Å². The van der Waals surface area contributed by atoms with Gasteiger partial charge < -0.3 is 9.84 Å². The Balaban J connectivity index is -0.000000739. The van der Waals surface area contributed by atoms with Gasteiger partial charge in [-0.3, -0.25) is 9.59 Å². The second-order valence-electron chi connectivity index (χ2n) is 2.97. The average Bonchev–Trinajstić information content (AvgIpc) is 2.42. The third-order valence-corrected chi connectivity index (χ3v) is 2.90. The molecule has 0 aromatic carbocycles. The lowest BCUT2D eigenvalue weighted by Gasteiger charge is -2.13. The Morgan fingerprint density at radius 1 is 1.19 bits per heavy atom. The molecule has 2 N–H and O–H groups in total. The van der Waals surface area contributed by atoms with E-state index in [2.05, 4.69) is 4.74 Å². The van der Waals surface area contributed by atoms with Crippen LogP contribution in [0.3, 0.4) is 0 Å². The van der Waals surface area contributed by atoms with Gasteiger partial charge in [-0.1, -0.05) is 27.7 Å². The third kappa shape index (κ3) is 13.4. The van der Waals surface area contributed by atoms with Crippen LogP contribution in [0.15, 0.2) is 0 Å². The molecular weight excluding hydrogens is 312 g/mol. The number of sulfonamides is 1. The number of nitrogens with one attached hydrogen (secondary N) is 1. The summed E-state index contributed by atoms with van der Waals surface area (Å²) in [6.45, 7) is 8.00. The number of aliphatic carboxylic acids is 1. The highest BCUT2D eigenvalue weighted by Gasteiger charge is 2.41. The second-order valence-corrected chi connectivity index (χ2v) is 4.81. The number of rotatable bonds is 7. The molecule has 0 aromatic rings. The van der Waals surface area contributed by atoms with E-state index in [1.807, 2.05) is 27.7 Å². The SMILES string of the molecule is CC.CC.COC(F)(F)C(=O)NS(=O)(=O)CCCC(=O)O. The maximum atomic E-state index is 12.5. The fourth-order valence-electron chi connectivity index (χ4n) is 0.758. The quantitative estimate of drug-likeness (QED) is 0.731. The zero-order chi connectivity index (χ0) is 17.7. The van der Waals surface area contributed by atoms with Gasteiger partial charge in [0.05, 0.1) is 5.75 Å². The third-order valence-electron chi connectivity index (χ3n) is 1.57. The van der Waals surface area contributed by atoms with Crippen molar-refractivity contribution in [1.29, 1.82) is 0 Å². The minimum absolute atomic E-state index is 0.295. The fraction of sp³-hybridized carbons (Fsp3) is 0.818. The number of alkyl halides is 2. The molecule has 0 atom stereocenters. The fourth-order valence-corrected chi connectivity index (χ4v) is 1.79. The molecule has 0 saturated heterocycles. The van der Waals surface area contributed by atoms with Crippen LogP contribution in [0.5, 0.6) is 0 Å². The smallest absolute Gasteiger partial charge is 0.437 e. The summed E-state index contributed by atoms with van der Waals surface area (Å²) in [7, 11) is -3.75. The summed E-state index contributed by atoms with van der Waals surface area (Å²) in [6, 6.07) is 0. The van der Waals surface area contributed by atoms with Crippen LogP contribution in [0, 0.1) is 0 Å². The van der Waals surface area contributed by atoms with Crippen LogP contribution in [0.4, 0.5) is 8.78 Å². The van der Waals surface area contributed by atoms with E-state index < -0.39 is 40.2 Å².